The van der Waals surface area contributed by atoms with Crippen molar-refractivity contribution < 1.29 is 0 Å². The van der Waals surface area contributed by atoms with E-state index in [1.54, 1.807) is 6.20 Å². The van der Waals surface area contributed by atoms with Crippen LogP contribution in [-0.4, -0.2) is 33.6 Å². The van der Waals surface area contributed by atoms with E-state index in [1.807, 2.05) is 24.0 Å². The van der Waals surface area contributed by atoms with E-state index in [-0.39, 0.29) is 0 Å². The van der Waals surface area contributed by atoms with E-state index in [9.17, 15) is 0 Å². The number of pyridine rings is 1. The predicted molar refractivity (Wildman–Crippen MR) is 83.5 cm³/mol. The van der Waals surface area contributed by atoms with Crippen molar-refractivity contribution in [3.8, 4) is 0 Å². The first kappa shape index (κ1) is 13.6. The van der Waals surface area contributed by atoms with Crippen molar-refractivity contribution in [1.29, 1.82) is 0 Å². The van der Waals surface area contributed by atoms with E-state index >= 15 is 0 Å². The van der Waals surface area contributed by atoms with E-state index < -0.39 is 0 Å². The third-order valence-electron chi connectivity index (χ3n) is 3.24. The second-order valence-corrected chi connectivity index (χ2v) is 7.34. The molecule has 0 radical (unpaired) electrons. The van der Waals surface area contributed by atoms with Crippen LogP contribution < -0.4 is 10.6 Å². The maximum absolute atomic E-state index is 5.79. The summed E-state index contributed by atoms with van der Waals surface area (Å²) in [6.45, 7) is 6.66. The maximum Gasteiger partial charge on any atom is 0.106 e. The van der Waals surface area contributed by atoms with Gasteiger partial charge in [0.05, 0.1) is 11.9 Å². The number of anilines is 1. The molecular formula is C13H19N3S2. The highest BCUT2D eigenvalue weighted by atomic mass is 32.2. The van der Waals surface area contributed by atoms with Crippen molar-refractivity contribution in [2.75, 3.05) is 23.7 Å². The van der Waals surface area contributed by atoms with Gasteiger partial charge in [0.2, 0.25) is 0 Å². The average Bonchev–Trinajstić information content (AvgIpc) is 2.50. The molecule has 0 bridgehead atoms. The van der Waals surface area contributed by atoms with Crippen molar-refractivity contribution in [3.63, 3.8) is 0 Å². The summed E-state index contributed by atoms with van der Waals surface area (Å²) in [4.78, 5) is 7.00. The molecule has 1 aliphatic rings. The summed E-state index contributed by atoms with van der Waals surface area (Å²) >= 11 is 7.14. The molecular weight excluding hydrogens is 262 g/mol. The molecule has 1 aromatic rings. The van der Waals surface area contributed by atoms with Crippen LogP contribution in [0.1, 0.15) is 25.8 Å². The highest BCUT2D eigenvalue weighted by molar-refractivity contribution is 8.00. The van der Waals surface area contributed by atoms with Crippen LogP contribution in [0.5, 0.6) is 0 Å². The topological polar surface area (TPSA) is 42.2 Å². The molecule has 2 rings (SSSR count). The molecule has 1 aliphatic heterocycles. The Morgan fingerprint density at radius 3 is 3.00 bits per heavy atom. The molecule has 1 saturated heterocycles. The van der Waals surface area contributed by atoms with Gasteiger partial charge in [0.1, 0.15) is 4.99 Å². The van der Waals surface area contributed by atoms with Crippen LogP contribution >= 0.6 is 24.0 Å². The van der Waals surface area contributed by atoms with E-state index in [0.717, 1.165) is 36.5 Å². The fourth-order valence-electron chi connectivity index (χ4n) is 2.11. The molecule has 0 spiro atoms. The fraction of sp³-hybridized carbons (Fsp3) is 0.538. The van der Waals surface area contributed by atoms with Crippen LogP contribution in [0.25, 0.3) is 0 Å². The Bertz CT molecular complexity index is 446. The third-order valence-corrected chi connectivity index (χ3v) is 4.84. The van der Waals surface area contributed by atoms with Gasteiger partial charge in [-0.05, 0) is 12.5 Å². The number of nitrogens with zero attached hydrogens (tertiary/aromatic N) is 2. The summed E-state index contributed by atoms with van der Waals surface area (Å²) in [6.07, 6.45) is 4.77. The molecule has 0 saturated carbocycles. The van der Waals surface area contributed by atoms with Gasteiger partial charge in [0.25, 0.3) is 0 Å². The SMILES string of the molecule is CC1(C)CCN(c2cnccc2C(N)=S)CCS1. The van der Waals surface area contributed by atoms with E-state index in [4.69, 9.17) is 18.0 Å². The predicted octanol–water partition coefficient (Wildman–Crippen LogP) is 2.44. The number of hydrogen-bond donors (Lipinski definition) is 1. The van der Waals surface area contributed by atoms with Crippen LogP contribution in [0.4, 0.5) is 5.69 Å². The van der Waals surface area contributed by atoms with Crippen LogP contribution in [0.2, 0.25) is 0 Å². The second kappa shape index (κ2) is 5.45. The van der Waals surface area contributed by atoms with Gasteiger partial charge in [0, 0.05) is 35.3 Å². The van der Waals surface area contributed by atoms with Crippen molar-refractivity contribution in [1.82, 2.24) is 4.98 Å². The van der Waals surface area contributed by atoms with Crippen LogP contribution in [0.3, 0.4) is 0 Å². The molecule has 0 amide bonds. The lowest BCUT2D eigenvalue weighted by Crippen LogP contribution is -2.29. The summed E-state index contributed by atoms with van der Waals surface area (Å²) < 4.78 is 0.348. The molecule has 0 aromatic carbocycles. The summed E-state index contributed by atoms with van der Waals surface area (Å²) in [6, 6.07) is 1.90. The first-order chi connectivity index (χ1) is 8.49. The molecule has 0 unspecified atom stereocenters. The quantitative estimate of drug-likeness (QED) is 0.843. The largest absolute Gasteiger partial charge is 0.389 e. The summed E-state index contributed by atoms with van der Waals surface area (Å²) in [7, 11) is 0. The first-order valence-corrected chi connectivity index (χ1v) is 7.52. The molecule has 98 valence electrons. The molecule has 0 aliphatic carbocycles. The molecule has 1 aromatic heterocycles. The molecule has 18 heavy (non-hydrogen) atoms. The molecule has 0 atom stereocenters. The summed E-state index contributed by atoms with van der Waals surface area (Å²) in [5.41, 5.74) is 7.79. The standard InChI is InChI=1S/C13H19N3S2/c1-13(2)4-6-16(7-8-18-13)11-9-15-5-3-10(11)12(14)17/h3,5,9H,4,6-8H2,1-2H3,(H2,14,17). The molecule has 2 N–H and O–H groups in total. The summed E-state index contributed by atoms with van der Waals surface area (Å²) in [5, 5.41) is 0. The number of aromatic nitrogens is 1. The van der Waals surface area contributed by atoms with Gasteiger partial charge < -0.3 is 10.6 Å². The van der Waals surface area contributed by atoms with Gasteiger partial charge in [-0.1, -0.05) is 26.1 Å². The Hall–Kier alpha value is -0.810. The summed E-state index contributed by atoms with van der Waals surface area (Å²) in [5.74, 6) is 1.12. The second-order valence-electron chi connectivity index (χ2n) is 5.10. The number of hydrogen-bond acceptors (Lipinski definition) is 4. The Balaban J connectivity index is 2.24. The van der Waals surface area contributed by atoms with Gasteiger partial charge in [-0.3, -0.25) is 4.98 Å². The normalized spacial score (nSPS) is 19.3. The van der Waals surface area contributed by atoms with Crippen LogP contribution in [-0.2, 0) is 0 Å². The smallest absolute Gasteiger partial charge is 0.106 e. The zero-order valence-electron chi connectivity index (χ0n) is 10.8. The Morgan fingerprint density at radius 1 is 1.50 bits per heavy atom. The highest BCUT2D eigenvalue weighted by Gasteiger charge is 2.24. The van der Waals surface area contributed by atoms with Crippen LogP contribution in [0.15, 0.2) is 18.5 Å². The number of rotatable bonds is 2. The average molecular weight is 281 g/mol. The number of thioether (sulfide) groups is 1. The van der Waals surface area contributed by atoms with Gasteiger partial charge in [0.15, 0.2) is 0 Å². The van der Waals surface area contributed by atoms with E-state index in [0.29, 0.717) is 9.74 Å². The zero-order valence-corrected chi connectivity index (χ0v) is 12.5. The molecule has 2 heterocycles. The molecule has 5 heteroatoms. The highest BCUT2D eigenvalue weighted by Crippen LogP contribution is 2.32. The van der Waals surface area contributed by atoms with Crippen LogP contribution in [0, 0.1) is 0 Å². The van der Waals surface area contributed by atoms with E-state index in [2.05, 4.69) is 23.7 Å². The van der Waals surface area contributed by atoms with Gasteiger partial charge in [-0.25, -0.2) is 0 Å². The van der Waals surface area contributed by atoms with Gasteiger partial charge in [-0.2, -0.15) is 11.8 Å². The number of nitrogens with two attached hydrogens (primary N) is 1. The molecule has 1 fully saturated rings. The van der Waals surface area contributed by atoms with E-state index in [1.165, 1.54) is 0 Å². The maximum atomic E-state index is 5.79. The minimum atomic E-state index is 0.348. The van der Waals surface area contributed by atoms with Crippen molar-refractivity contribution in [2.24, 2.45) is 5.73 Å². The monoisotopic (exact) mass is 281 g/mol. The Labute approximate surface area is 118 Å². The lowest BCUT2D eigenvalue weighted by Gasteiger charge is -2.25. The minimum absolute atomic E-state index is 0.348. The molecule has 3 nitrogen and oxygen atoms in total. The van der Waals surface area contributed by atoms with Gasteiger partial charge >= 0.3 is 0 Å². The van der Waals surface area contributed by atoms with Crippen molar-refractivity contribution in [2.45, 2.75) is 25.0 Å². The minimum Gasteiger partial charge on any atom is -0.389 e. The number of thiocarbonyl (C=S) groups is 1. The van der Waals surface area contributed by atoms with Crippen molar-refractivity contribution >= 4 is 34.7 Å². The zero-order chi connectivity index (χ0) is 13.2. The fourth-order valence-corrected chi connectivity index (χ4v) is 3.38. The third kappa shape index (κ3) is 3.14. The Kier molecular flexibility index (Phi) is 4.12. The lowest BCUT2D eigenvalue weighted by molar-refractivity contribution is 0.637. The van der Waals surface area contributed by atoms with Crippen molar-refractivity contribution in [3.05, 3.63) is 24.0 Å². The van der Waals surface area contributed by atoms with Gasteiger partial charge in [-0.15, -0.1) is 0 Å². The first-order valence-electron chi connectivity index (χ1n) is 6.12. The lowest BCUT2D eigenvalue weighted by atomic mass is 10.1. The Morgan fingerprint density at radius 2 is 2.28 bits per heavy atom.